The zero-order chi connectivity index (χ0) is 24.6. The minimum atomic E-state index is -0.443. The molecule has 0 aliphatic rings. The van der Waals surface area contributed by atoms with Gasteiger partial charge in [-0.2, -0.15) is 5.10 Å². The average Bonchev–Trinajstić information content (AvgIpc) is 3.25. The summed E-state index contributed by atoms with van der Waals surface area (Å²) in [4.78, 5) is 24.4. The second kappa shape index (κ2) is 11.6. The third-order valence-corrected chi connectivity index (χ3v) is 6.17. The fourth-order valence-electron chi connectivity index (χ4n) is 3.03. The highest BCUT2D eigenvalue weighted by Crippen LogP contribution is 2.21. The highest BCUT2D eigenvalue weighted by molar-refractivity contribution is 9.10. The van der Waals surface area contributed by atoms with Crippen LogP contribution in [-0.4, -0.2) is 38.6 Å². The third kappa shape index (κ3) is 6.65. The van der Waals surface area contributed by atoms with Crippen molar-refractivity contribution in [1.29, 1.82) is 0 Å². The van der Waals surface area contributed by atoms with Gasteiger partial charge in [-0.1, -0.05) is 45.9 Å². The molecule has 0 saturated carbocycles. The number of nitrogens with zero attached hydrogens (tertiary/aromatic N) is 4. The molecule has 0 saturated heterocycles. The number of aryl methyl sites for hydroxylation is 1. The van der Waals surface area contributed by atoms with Crippen molar-refractivity contribution in [3.63, 3.8) is 0 Å². The van der Waals surface area contributed by atoms with E-state index in [-0.39, 0.29) is 11.7 Å². The van der Waals surface area contributed by atoms with Crippen molar-refractivity contribution in [3.05, 3.63) is 100 Å². The maximum atomic E-state index is 12.2. The average molecular weight is 550 g/mol. The maximum Gasteiger partial charge on any atom is 0.343 e. The van der Waals surface area contributed by atoms with Crippen molar-refractivity contribution < 1.29 is 14.3 Å². The van der Waals surface area contributed by atoms with E-state index in [1.807, 2.05) is 41.8 Å². The van der Waals surface area contributed by atoms with Crippen molar-refractivity contribution >= 4 is 45.8 Å². The molecule has 0 bridgehead atoms. The summed E-state index contributed by atoms with van der Waals surface area (Å²) in [5.74, 6) is 0.567. The number of hydrogen-bond donors (Lipinski definition) is 1. The zero-order valence-electron chi connectivity index (χ0n) is 18.6. The van der Waals surface area contributed by atoms with Gasteiger partial charge in [0.1, 0.15) is 11.6 Å². The quantitative estimate of drug-likeness (QED) is 0.111. The fourth-order valence-corrected chi connectivity index (χ4v) is 4.08. The molecule has 0 spiro atoms. The summed E-state index contributed by atoms with van der Waals surface area (Å²) in [6.45, 7) is 1.86. The Labute approximate surface area is 214 Å². The Morgan fingerprint density at radius 3 is 2.46 bits per heavy atom. The van der Waals surface area contributed by atoms with Crippen molar-refractivity contribution in [1.82, 2.24) is 20.2 Å². The lowest BCUT2D eigenvalue weighted by atomic mass is 10.2. The van der Waals surface area contributed by atoms with Crippen molar-refractivity contribution in [2.45, 2.75) is 12.1 Å². The Bertz CT molecular complexity index is 1340. The number of rotatable bonds is 8. The van der Waals surface area contributed by atoms with Crippen LogP contribution in [0.15, 0.2) is 93.6 Å². The lowest BCUT2D eigenvalue weighted by molar-refractivity contribution is -0.118. The van der Waals surface area contributed by atoms with Crippen LogP contribution in [0.3, 0.4) is 0 Å². The van der Waals surface area contributed by atoms with Gasteiger partial charge in [0.05, 0.1) is 17.5 Å². The van der Waals surface area contributed by atoms with Crippen LogP contribution in [0.1, 0.15) is 21.7 Å². The van der Waals surface area contributed by atoms with E-state index in [1.54, 1.807) is 48.5 Å². The molecule has 4 rings (SSSR count). The zero-order valence-corrected chi connectivity index (χ0v) is 21.0. The number of thioether (sulfide) groups is 1. The van der Waals surface area contributed by atoms with Gasteiger partial charge in [-0.3, -0.25) is 9.36 Å². The van der Waals surface area contributed by atoms with E-state index in [4.69, 9.17) is 4.74 Å². The number of carbonyl (C=O) groups excluding carboxylic acids is 2. The third-order valence-electron chi connectivity index (χ3n) is 4.72. The lowest BCUT2D eigenvalue weighted by Gasteiger charge is -2.07. The highest BCUT2D eigenvalue weighted by atomic mass is 79.9. The van der Waals surface area contributed by atoms with E-state index in [0.29, 0.717) is 16.5 Å². The number of ether oxygens (including phenoxy) is 1. The first-order valence-corrected chi connectivity index (χ1v) is 12.3. The number of hydrazone groups is 1. The van der Waals surface area contributed by atoms with Gasteiger partial charge in [0.25, 0.3) is 5.91 Å². The molecule has 0 fully saturated rings. The number of hydrogen-bond acceptors (Lipinski definition) is 7. The second-order valence-electron chi connectivity index (χ2n) is 7.25. The predicted octanol–water partition coefficient (Wildman–Crippen LogP) is 4.80. The fraction of sp³-hybridized carbons (Fsp3) is 0.0800. The number of benzene rings is 3. The van der Waals surface area contributed by atoms with Crippen LogP contribution in [0.2, 0.25) is 0 Å². The Morgan fingerprint density at radius 2 is 1.74 bits per heavy atom. The Balaban J connectivity index is 1.27. The number of halogens is 1. The smallest absolute Gasteiger partial charge is 0.343 e. The summed E-state index contributed by atoms with van der Waals surface area (Å²) >= 11 is 4.61. The molecule has 3 aromatic carbocycles. The normalized spacial score (nSPS) is 10.9. The van der Waals surface area contributed by atoms with Crippen LogP contribution >= 0.6 is 27.7 Å². The molecular weight excluding hydrogens is 530 g/mol. The van der Waals surface area contributed by atoms with Crippen LogP contribution in [0.25, 0.3) is 5.69 Å². The number of esters is 1. The van der Waals surface area contributed by atoms with E-state index in [2.05, 4.69) is 36.7 Å². The molecule has 0 unspecified atom stereocenters. The molecule has 0 aliphatic carbocycles. The van der Waals surface area contributed by atoms with Crippen LogP contribution in [0.4, 0.5) is 0 Å². The summed E-state index contributed by atoms with van der Waals surface area (Å²) < 4.78 is 8.15. The highest BCUT2D eigenvalue weighted by Gasteiger charge is 2.13. The Morgan fingerprint density at radius 1 is 1.03 bits per heavy atom. The van der Waals surface area contributed by atoms with Gasteiger partial charge in [0, 0.05) is 10.2 Å². The Hall–Kier alpha value is -3.76. The maximum absolute atomic E-state index is 12.2. The van der Waals surface area contributed by atoms with Crippen LogP contribution in [0.5, 0.6) is 5.75 Å². The van der Waals surface area contributed by atoms with Crippen molar-refractivity contribution in [2.24, 2.45) is 5.10 Å². The van der Waals surface area contributed by atoms with Gasteiger partial charge in [0.2, 0.25) is 0 Å². The summed E-state index contributed by atoms with van der Waals surface area (Å²) in [7, 11) is 0. The number of amides is 1. The van der Waals surface area contributed by atoms with E-state index < -0.39 is 5.97 Å². The SMILES string of the molecule is Cc1nnc(SCC(=O)NN=Cc2ccc(OC(=O)c3ccc(Br)cc3)cc2)n1-c1ccccc1. The summed E-state index contributed by atoms with van der Waals surface area (Å²) in [5, 5.41) is 12.9. The standard InChI is InChI=1S/C25H20BrN5O3S/c1-17-28-30-25(31(17)21-5-3-2-4-6-21)35-16-23(32)29-27-15-18-7-13-22(14-8-18)34-24(33)19-9-11-20(26)12-10-19/h2-15H,16H2,1H3,(H,29,32). The molecule has 1 N–H and O–H groups in total. The first-order chi connectivity index (χ1) is 17.0. The molecule has 1 aromatic heterocycles. The molecular formula is C25H20BrN5O3S. The predicted molar refractivity (Wildman–Crippen MR) is 138 cm³/mol. The van der Waals surface area contributed by atoms with Crippen molar-refractivity contribution in [2.75, 3.05) is 5.75 Å². The van der Waals surface area contributed by atoms with Gasteiger partial charge in [0.15, 0.2) is 5.16 Å². The molecule has 35 heavy (non-hydrogen) atoms. The number of aromatic nitrogens is 3. The van der Waals surface area contributed by atoms with Gasteiger partial charge < -0.3 is 4.74 Å². The van der Waals surface area contributed by atoms with Crippen LogP contribution in [0, 0.1) is 6.92 Å². The first kappa shape index (κ1) is 24.4. The molecule has 4 aromatic rings. The monoisotopic (exact) mass is 549 g/mol. The van der Waals surface area contributed by atoms with E-state index in [1.165, 1.54) is 18.0 Å². The molecule has 10 heteroatoms. The number of para-hydroxylation sites is 1. The van der Waals surface area contributed by atoms with Crippen molar-refractivity contribution in [3.8, 4) is 11.4 Å². The number of carbonyl (C=O) groups is 2. The van der Waals surface area contributed by atoms with E-state index in [0.717, 1.165) is 21.5 Å². The largest absolute Gasteiger partial charge is 0.423 e. The minimum absolute atomic E-state index is 0.132. The topological polar surface area (TPSA) is 98.5 Å². The Kier molecular flexibility index (Phi) is 8.07. The molecule has 0 aliphatic heterocycles. The molecule has 0 radical (unpaired) electrons. The second-order valence-corrected chi connectivity index (χ2v) is 9.11. The van der Waals surface area contributed by atoms with Crippen LogP contribution in [-0.2, 0) is 4.79 Å². The van der Waals surface area contributed by atoms with E-state index in [9.17, 15) is 9.59 Å². The molecule has 8 nitrogen and oxygen atoms in total. The minimum Gasteiger partial charge on any atom is -0.423 e. The summed E-state index contributed by atoms with van der Waals surface area (Å²) in [5.41, 5.74) is 4.63. The molecule has 176 valence electrons. The summed E-state index contributed by atoms with van der Waals surface area (Å²) in [6, 6.07) is 23.4. The molecule has 1 amide bonds. The molecule has 0 atom stereocenters. The van der Waals surface area contributed by atoms with Gasteiger partial charge in [-0.15, -0.1) is 10.2 Å². The van der Waals surface area contributed by atoms with E-state index >= 15 is 0 Å². The van der Waals surface area contributed by atoms with Gasteiger partial charge in [-0.25, -0.2) is 10.2 Å². The lowest BCUT2D eigenvalue weighted by Crippen LogP contribution is -2.20. The molecule has 1 heterocycles. The van der Waals surface area contributed by atoms with Gasteiger partial charge >= 0.3 is 5.97 Å². The summed E-state index contributed by atoms with van der Waals surface area (Å²) in [6.07, 6.45) is 1.51. The van der Waals surface area contributed by atoms with Crippen LogP contribution < -0.4 is 10.2 Å². The first-order valence-electron chi connectivity index (χ1n) is 10.5. The number of nitrogens with one attached hydrogen (secondary N) is 1. The van der Waals surface area contributed by atoms with Gasteiger partial charge in [-0.05, 0) is 73.2 Å².